The minimum atomic E-state index is -5.99. The van der Waals surface area contributed by atoms with Gasteiger partial charge in [-0.1, -0.05) is 57.0 Å². The van der Waals surface area contributed by atoms with E-state index in [1.807, 2.05) is 13.8 Å². The Morgan fingerprint density at radius 1 is 1.14 bits per heavy atom. The Bertz CT molecular complexity index is 1140. The minimum absolute atomic E-state index is 0.0168. The van der Waals surface area contributed by atoms with Crippen LogP contribution in [-0.4, -0.2) is 41.4 Å². The second-order valence-electron chi connectivity index (χ2n) is 8.56. The summed E-state index contributed by atoms with van der Waals surface area (Å²) in [6.07, 6.45) is 2.89. The van der Waals surface area contributed by atoms with Gasteiger partial charge < -0.3 is 8.92 Å². The highest BCUT2D eigenvalue weighted by Gasteiger charge is 2.49. The Morgan fingerprint density at radius 2 is 1.80 bits per heavy atom. The first-order chi connectivity index (χ1) is 16.3. The van der Waals surface area contributed by atoms with Gasteiger partial charge in [-0.05, 0) is 24.5 Å². The molecule has 0 bridgehead atoms. The minimum Gasteiger partial charge on any atom is -0.493 e. The van der Waals surface area contributed by atoms with Crippen molar-refractivity contribution in [1.29, 1.82) is 0 Å². The van der Waals surface area contributed by atoms with Gasteiger partial charge in [-0.2, -0.15) is 32.2 Å². The highest BCUT2D eigenvalue weighted by atomic mass is 32.3. The summed E-state index contributed by atoms with van der Waals surface area (Å²) in [5, 5.41) is 3.53. The number of hydrogen-bond acceptors (Lipinski definition) is 7. The maximum atomic E-state index is 13.0. The van der Waals surface area contributed by atoms with E-state index in [0.29, 0.717) is 12.8 Å². The summed E-state index contributed by atoms with van der Waals surface area (Å²) in [4.78, 5) is 0.0688. The first kappa shape index (κ1) is 27.6. The summed E-state index contributed by atoms with van der Waals surface area (Å²) >= 11 is 0. The van der Waals surface area contributed by atoms with Gasteiger partial charge in [0.25, 0.3) is 0 Å². The molecule has 0 spiro atoms. The molecule has 0 aliphatic carbocycles. The van der Waals surface area contributed by atoms with E-state index in [4.69, 9.17) is 4.74 Å². The number of rotatable bonds is 8. The van der Waals surface area contributed by atoms with Gasteiger partial charge in [-0.25, -0.2) is 0 Å². The van der Waals surface area contributed by atoms with Crippen molar-refractivity contribution in [3.63, 3.8) is 0 Å². The van der Waals surface area contributed by atoms with Crippen LogP contribution >= 0.6 is 10.6 Å². The number of alkyl halides is 3. The molecule has 0 amide bonds. The zero-order valence-corrected chi connectivity index (χ0v) is 21.3. The molecular formula is C23H30F3NO6S2. The van der Waals surface area contributed by atoms with E-state index >= 15 is 0 Å². The van der Waals surface area contributed by atoms with E-state index in [2.05, 4.69) is 9.50 Å². The summed E-state index contributed by atoms with van der Waals surface area (Å²) < 4.78 is 94.8. The monoisotopic (exact) mass is 537 g/mol. The fourth-order valence-corrected chi connectivity index (χ4v) is 6.96. The molecule has 3 N–H and O–H groups in total. The Labute approximate surface area is 205 Å². The van der Waals surface area contributed by atoms with Crippen LogP contribution in [-0.2, 0) is 10.1 Å². The number of nitrogens with one attached hydrogen (secondary N) is 1. The lowest BCUT2D eigenvalue weighted by Crippen LogP contribution is -2.49. The standard InChI is InChI=1S/C23H30F3NO6S2/c1-4-6-12-22(5-2)15-34(28,29)20-14-18(32-3)19(33-35(30,31)23(24,25)26)13-17(20)21(27-22)16-10-8-7-9-11-16/h7-11,13-14,21,27-29H,4-6,12,15H2,1-3H3. The van der Waals surface area contributed by atoms with Gasteiger partial charge in [0.2, 0.25) is 0 Å². The van der Waals surface area contributed by atoms with Crippen molar-refractivity contribution >= 4 is 20.7 Å². The van der Waals surface area contributed by atoms with Gasteiger partial charge in [0.15, 0.2) is 11.5 Å². The Morgan fingerprint density at radius 3 is 2.34 bits per heavy atom. The van der Waals surface area contributed by atoms with E-state index in [1.54, 1.807) is 30.3 Å². The molecule has 0 saturated carbocycles. The van der Waals surface area contributed by atoms with Crippen molar-refractivity contribution in [3.8, 4) is 11.5 Å². The Kier molecular flexibility index (Phi) is 8.02. The van der Waals surface area contributed by atoms with Crippen molar-refractivity contribution < 1.29 is 39.6 Å². The normalized spacial score (nSPS) is 23.1. The van der Waals surface area contributed by atoms with Crippen LogP contribution in [0.25, 0.3) is 0 Å². The molecular weight excluding hydrogens is 507 g/mol. The molecule has 0 radical (unpaired) electrons. The molecule has 2 atom stereocenters. The average Bonchev–Trinajstić information content (AvgIpc) is 2.89. The second kappa shape index (κ2) is 10.2. The second-order valence-corrected chi connectivity index (χ2v) is 12.2. The molecule has 2 unspecified atom stereocenters. The summed E-state index contributed by atoms with van der Waals surface area (Å²) in [5.74, 6) is -1.07. The number of hydrogen-bond donors (Lipinski definition) is 3. The molecule has 2 aromatic carbocycles. The SMILES string of the molecule is CCCCC1(CC)CS(O)(O)c2cc(OC)c(OS(=O)(=O)C(F)(F)F)cc2C(c2ccccc2)N1. The third-order valence-electron chi connectivity index (χ3n) is 6.19. The molecule has 2 aromatic rings. The first-order valence-electron chi connectivity index (χ1n) is 11.1. The van der Waals surface area contributed by atoms with Gasteiger partial charge in [0.05, 0.1) is 23.8 Å². The maximum Gasteiger partial charge on any atom is 0.534 e. The summed E-state index contributed by atoms with van der Waals surface area (Å²) in [7, 11) is -8.32. The lowest BCUT2D eigenvalue weighted by atomic mass is 9.88. The highest BCUT2D eigenvalue weighted by Crippen LogP contribution is 2.59. The Balaban J connectivity index is 2.27. The average molecular weight is 538 g/mol. The largest absolute Gasteiger partial charge is 0.534 e. The number of methoxy groups -OCH3 is 1. The molecule has 1 aliphatic rings. The number of halogens is 3. The molecule has 0 saturated heterocycles. The zero-order valence-electron chi connectivity index (χ0n) is 19.6. The third-order valence-corrected chi connectivity index (χ3v) is 9.17. The Hall–Kier alpha value is -1.99. The molecule has 12 heteroatoms. The summed E-state index contributed by atoms with van der Waals surface area (Å²) in [5.41, 5.74) is -5.42. The van der Waals surface area contributed by atoms with Crippen LogP contribution in [0, 0.1) is 0 Å². The molecule has 3 rings (SSSR count). The molecule has 1 aliphatic heterocycles. The van der Waals surface area contributed by atoms with E-state index in [9.17, 15) is 30.7 Å². The molecule has 1 heterocycles. The zero-order chi connectivity index (χ0) is 26.1. The quantitative estimate of drug-likeness (QED) is 0.277. The lowest BCUT2D eigenvalue weighted by molar-refractivity contribution is -0.0500. The van der Waals surface area contributed by atoms with Crippen molar-refractivity contribution in [2.75, 3.05) is 12.9 Å². The fourth-order valence-electron chi connectivity index (χ4n) is 4.29. The van der Waals surface area contributed by atoms with E-state index in [1.165, 1.54) is 0 Å². The molecule has 0 aromatic heterocycles. The van der Waals surface area contributed by atoms with Crippen LogP contribution in [0.15, 0.2) is 47.4 Å². The van der Waals surface area contributed by atoms with Crippen molar-refractivity contribution in [2.24, 2.45) is 0 Å². The van der Waals surface area contributed by atoms with Crippen LogP contribution < -0.4 is 14.2 Å². The molecule has 0 fully saturated rings. The smallest absolute Gasteiger partial charge is 0.493 e. The third kappa shape index (κ3) is 5.72. The molecule has 7 nitrogen and oxygen atoms in total. The van der Waals surface area contributed by atoms with E-state index in [0.717, 1.165) is 37.6 Å². The van der Waals surface area contributed by atoms with Crippen LogP contribution in [0.5, 0.6) is 11.5 Å². The van der Waals surface area contributed by atoms with Gasteiger partial charge in [-0.3, -0.25) is 14.4 Å². The van der Waals surface area contributed by atoms with Gasteiger partial charge >= 0.3 is 15.6 Å². The molecule has 35 heavy (non-hydrogen) atoms. The van der Waals surface area contributed by atoms with Gasteiger partial charge in [0, 0.05) is 17.2 Å². The highest BCUT2D eigenvalue weighted by molar-refractivity contribution is 8.24. The summed E-state index contributed by atoms with van der Waals surface area (Å²) in [6.45, 7) is 3.96. The van der Waals surface area contributed by atoms with Crippen LogP contribution in [0.2, 0.25) is 0 Å². The van der Waals surface area contributed by atoms with Crippen LogP contribution in [0.3, 0.4) is 0 Å². The predicted molar refractivity (Wildman–Crippen MR) is 129 cm³/mol. The topological polar surface area (TPSA) is 105 Å². The number of benzene rings is 2. The first-order valence-corrected chi connectivity index (χ1v) is 14.2. The lowest BCUT2D eigenvalue weighted by Gasteiger charge is -2.42. The van der Waals surface area contributed by atoms with Crippen LogP contribution in [0.4, 0.5) is 13.2 Å². The van der Waals surface area contributed by atoms with Gasteiger partial charge in [0.1, 0.15) is 0 Å². The number of ether oxygens (including phenoxy) is 1. The van der Waals surface area contributed by atoms with Crippen LogP contribution in [0.1, 0.15) is 56.7 Å². The predicted octanol–water partition coefficient (Wildman–Crippen LogP) is 6.06. The van der Waals surface area contributed by atoms with E-state index < -0.39 is 43.5 Å². The number of unbranched alkanes of at least 4 members (excludes halogenated alkanes) is 1. The van der Waals surface area contributed by atoms with Crippen molar-refractivity contribution in [2.45, 2.75) is 61.5 Å². The van der Waals surface area contributed by atoms with Gasteiger partial charge in [-0.15, -0.1) is 0 Å². The van der Waals surface area contributed by atoms with Crippen molar-refractivity contribution in [3.05, 3.63) is 53.6 Å². The molecule has 196 valence electrons. The maximum absolute atomic E-state index is 13.0. The fraction of sp³-hybridized carbons (Fsp3) is 0.478. The van der Waals surface area contributed by atoms with E-state index in [-0.39, 0.29) is 22.0 Å². The van der Waals surface area contributed by atoms with Crippen molar-refractivity contribution in [1.82, 2.24) is 5.32 Å². The number of fused-ring (bicyclic) bond motifs is 1. The summed E-state index contributed by atoms with van der Waals surface area (Å²) in [6, 6.07) is 10.5.